The molecule has 0 aromatic heterocycles. The summed E-state index contributed by atoms with van der Waals surface area (Å²) in [5.41, 5.74) is -5.32. The average molecular weight is 609 g/mol. The number of carboxylic acid groups (broad SMARTS) is 1. The standard InChI is InChI=1S/C34H40O10/c1-15(2)20(35)12-18-24(36)22-25(37)19-13-32(41-9)14-21-31(7,8)44-33(29(32)40,11-10-16(3)28(38)39)34(19,21)43-27(22)23-26(18)42-17(4)30(23,5)6/h10,13,17,20-21,35-36H,1,11-12,14H2,2-9H3,(H,38,39)/b16-10+/t17-,20?,21-,32-,33-,34+/m1/s1. The number of phenols is 1. The number of aliphatic hydroxyl groups excluding tert-OH is 1. The van der Waals surface area contributed by atoms with E-state index in [1.54, 1.807) is 6.92 Å². The Morgan fingerprint density at radius 1 is 1.20 bits per heavy atom. The first-order valence-electron chi connectivity index (χ1n) is 14.9. The summed E-state index contributed by atoms with van der Waals surface area (Å²) in [5, 5.41) is 32.2. The highest BCUT2D eigenvalue weighted by atomic mass is 16.6. The van der Waals surface area contributed by atoms with Gasteiger partial charge in [-0.1, -0.05) is 32.1 Å². The number of ether oxygens (including phenoxy) is 4. The van der Waals surface area contributed by atoms with Crippen LogP contribution in [-0.4, -0.2) is 74.6 Å². The van der Waals surface area contributed by atoms with Gasteiger partial charge in [-0.25, -0.2) is 4.79 Å². The first-order valence-corrected chi connectivity index (χ1v) is 14.9. The molecule has 1 spiro atoms. The molecule has 6 atom stereocenters. The molecule has 3 heterocycles. The van der Waals surface area contributed by atoms with Crippen molar-refractivity contribution < 1.29 is 48.7 Å². The van der Waals surface area contributed by atoms with E-state index in [2.05, 4.69) is 6.58 Å². The molecule has 4 bridgehead atoms. The van der Waals surface area contributed by atoms with Crippen LogP contribution in [0.15, 0.2) is 35.5 Å². The van der Waals surface area contributed by atoms with Crippen LogP contribution in [0.25, 0.3) is 0 Å². The van der Waals surface area contributed by atoms with Gasteiger partial charge in [0.1, 0.15) is 34.5 Å². The second-order valence-corrected chi connectivity index (χ2v) is 14.1. The molecule has 1 unspecified atom stereocenters. The topological polar surface area (TPSA) is 149 Å². The first-order chi connectivity index (χ1) is 20.3. The Bertz CT molecular complexity index is 1630. The lowest BCUT2D eigenvalue weighted by Crippen LogP contribution is -2.77. The average Bonchev–Trinajstić information content (AvgIpc) is 3.27. The Hall–Kier alpha value is -3.47. The van der Waals surface area contributed by atoms with Gasteiger partial charge in [0, 0.05) is 53.6 Å². The Kier molecular flexibility index (Phi) is 6.28. The predicted molar refractivity (Wildman–Crippen MR) is 158 cm³/mol. The van der Waals surface area contributed by atoms with Gasteiger partial charge in [0.15, 0.2) is 17.0 Å². The zero-order chi connectivity index (χ0) is 32.5. The fraction of sp³-hybridized carbons (Fsp3) is 0.559. The van der Waals surface area contributed by atoms with Crippen LogP contribution in [0, 0.1) is 5.92 Å². The van der Waals surface area contributed by atoms with Crippen LogP contribution in [0.2, 0.25) is 0 Å². The molecule has 7 rings (SSSR count). The lowest BCUT2D eigenvalue weighted by atomic mass is 9.49. The number of carbonyl (C=O) groups is 3. The molecule has 2 fully saturated rings. The number of ketones is 2. The third kappa shape index (κ3) is 3.44. The molecule has 3 aliphatic carbocycles. The van der Waals surface area contributed by atoms with Gasteiger partial charge in [0.05, 0.1) is 11.7 Å². The highest BCUT2D eigenvalue weighted by molar-refractivity contribution is 6.20. The first kappa shape index (κ1) is 30.6. The molecule has 10 heteroatoms. The molecule has 1 aromatic rings. The Morgan fingerprint density at radius 2 is 1.86 bits per heavy atom. The monoisotopic (exact) mass is 608 g/mol. The van der Waals surface area contributed by atoms with Crippen LogP contribution in [0.1, 0.15) is 82.8 Å². The number of hydrogen-bond acceptors (Lipinski definition) is 9. The van der Waals surface area contributed by atoms with E-state index in [9.17, 15) is 29.7 Å². The molecule has 44 heavy (non-hydrogen) atoms. The number of aromatic hydroxyl groups is 1. The number of carboxylic acids is 1. The van der Waals surface area contributed by atoms with E-state index >= 15 is 0 Å². The van der Waals surface area contributed by atoms with Gasteiger partial charge in [0.2, 0.25) is 5.78 Å². The van der Waals surface area contributed by atoms with Crippen molar-refractivity contribution in [1.29, 1.82) is 0 Å². The lowest BCUT2D eigenvalue weighted by Gasteiger charge is -2.59. The SMILES string of the molecule is C=C(C)C(O)Cc1c(O)c2c(c3c1O[C@H](C)C3(C)C)O[C@@]13C(=C[C@@]4(OC)C[C@@H]1C(C)(C)O[C@]3(C/C=C(\C)C(=O)O)C4=O)C2=O. The predicted octanol–water partition coefficient (Wildman–Crippen LogP) is 4.13. The number of carbonyl (C=O) groups excluding carboxylic acids is 2. The van der Waals surface area contributed by atoms with Crippen molar-refractivity contribution in [2.75, 3.05) is 7.11 Å². The van der Waals surface area contributed by atoms with E-state index in [1.165, 1.54) is 26.2 Å². The highest BCUT2D eigenvalue weighted by Gasteiger charge is 2.84. The van der Waals surface area contributed by atoms with Crippen molar-refractivity contribution in [2.45, 2.75) is 108 Å². The summed E-state index contributed by atoms with van der Waals surface area (Å²) in [7, 11) is 1.40. The fourth-order valence-electron chi connectivity index (χ4n) is 8.08. The van der Waals surface area contributed by atoms with Crippen LogP contribution >= 0.6 is 0 Å². The van der Waals surface area contributed by atoms with Gasteiger partial charge >= 0.3 is 5.97 Å². The van der Waals surface area contributed by atoms with Gasteiger partial charge in [-0.2, -0.15) is 0 Å². The third-order valence-corrected chi connectivity index (χ3v) is 10.9. The molecule has 1 saturated carbocycles. The number of fused-ring (bicyclic) bond motifs is 3. The summed E-state index contributed by atoms with van der Waals surface area (Å²) < 4.78 is 26.0. The largest absolute Gasteiger partial charge is 0.507 e. The minimum absolute atomic E-state index is 0.0111. The van der Waals surface area contributed by atoms with Crippen molar-refractivity contribution in [3.05, 3.63) is 52.1 Å². The van der Waals surface area contributed by atoms with E-state index in [-0.39, 0.29) is 53.0 Å². The number of rotatable bonds is 7. The Balaban J connectivity index is 1.69. The summed E-state index contributed by atoms with van der Waals surface area (Å²) in [6, 6.07) is 0. The maximum atomic E-state index is 14.8. The van der Waals surface area contributed by atoms with Gasteiger partial charge in [-0.05, 0) is 47.1 Å². The summed E-state index contributed by atoms with van der Waals surface area (Å²) in [6.45, 7) is 16.4. The molecular weight excluding hydrogens is 568 g/mol. The zero-order valence-electron chi connectivity index (χ0n) is 26.4. The molecule has 0 amide bonds. The van der Waals surface area contributed by atoms with Crippen molar-refractivity contribution in [2.24, 2.45) is 5.92 Å². The maximum Gasteiger partial charge on any atom is 0.330 e. The highest BCUT2D eigenvalue weighted by Crippen LogP contribution is 2.70. The van der Waals surface area contributed by atoms with Crippen molar-refractivity contribution in [3.8, 4) is 17.2 Å². The van der Waals surface area contributed by atoms with Crippen molar-refractivity contribution in [1.82, 2.24) is 0 Å². The fourth-order valence-corrected chi connectivity index (χ4v) is 8.08. The number of phenolic OH excluding ortho intramolecular Hbond substituents is 1. The summed E-state index contributed by atoms with van der Waals surface area (Å²) in [4.78, 5) is 41.2. The van der Waals surface area contributed by atoms with Crippen LogP contribution in [0.3, 0.4) is 0 Å². The minimum Gasteiger partial charge on any atom is -0.507 e. The maximum absolute atomic E-state index is 14.8. The van der Waals surface area contributed by atoms with Gasteiger partial charge < -0.3 is 34.3 Å². The number of aliphatic hydroxyl groups is 1. The quantitative estimate of drug-likeness (QED) is 0.305. The summed E-state index contributed by atoms with van der Waals surface area (Å²) in [6.07, 6.45) is 1.50. The zero-order valence-corrected chi connectivity index (χ0v) is 26.4. The molecular formula is C34H40O10. The minimum atomic E-state index is -1.81. The lowest BCUT2D eigenvalue weighted by molar-refractivity contribution is -0.190. The number of hydrogen-bond donors (Lipinski definition) is 3. The number of Topliss-reactive ketones (excluding diaryl/α,β-unsaturated/α-hetero) is 2. The molecule has 3 N–H and O–H groups in total. The number of methoxy groups -OCH3 is 1. The number of benzene rings is 1. The molecule has 0 radical (unpaired) electrons. The summed E-state index contributed by atoms with van der Waals surface area (Å²) in [5.74, 6) is -2.64. The van der Waals surface area contributed by atoms with Crippen LogP contribution in [0.4, 0.5) is 0 Å². The Labute approximate surface area is 256 Å². The molecule has 10 nitrogen and oxygen atoms in total. The van der Waals surface area contributed by atoms with Gasteiger partial charge in [-0.3, -0.25) is 9.59 Å². The molecule has 3 aliphatic heterocycles. The van der Waals surface area contributed by atoms with E-state index in [0.717, 1.165) is 0 Å². The van der Waals surface area contributed by atoms with Crippen molar-refractivity contribution in [3.63, 3.8) is 0 Å². The van der Waals surface area contributed by atoms with E-state index in [1.807, 2.05) is 34.6 Å². The molecule has 1 aromatic carbocycles. The Morgan fingerprint density at radius 3 is 2.45 bits per heavy atom. The van der Waals surface area contributed by atoms with E-state index in [0.29, 0.717) is 16.9 Å². The normalized spacial score (nSPS) is 34.4. The molecule has 236 valence electrons. The number of aliphatic carboxylic acids is 1. The second-order valence-electron chi connectivity index (χ2n) is 14.1. The smallest absolute Gasteiger partial charge is 0.330 e. The van der Waals surface area contributed by atoms with E-state index in [4.69, 9.17) is 18.9 Å². The van der Waals surface area contributed by atoms with Gasteiger partial charge in [-0.15, -0.1) is 0 Å². The van der Waals surface area contributed by atoms with Crippen LogP contribution in [0.5, 0.6) is 17.2 Å². The molecule has 6 aliphatic rings. The van der Waals surface area contributed by atoms with Gasteiger partial charge in [0.25, 0.3) is 0 Å². The van der Waals surface area contributed by atoms with Crippen LogP contribution in [-0.2, 0) is 30.9 Å². The van der Waals surface area contributed by atoms with Crippen LogP contribution < -0.4 is 9.47 Å². The second kappa shape index (κ2) is 9.05. The van der Waals surface area contributed by atoms with E-state index < -0.39 is 63.5 Å². The molecule has 1 saturated heterocycles. The van der Waals surface area contributed by atoms with Crippen molar-refractivity contribution >= 4 is 17.5 Å². The third-order valence-electron chi connectivity index (χ3n) is 10.9. The summed E-state index contributed by atoms with van der Waals surface area (Å²) >= 11 is 0.